The Labute approximate surface area is 99.6 Å². The molecule has 0 amide bonds. The van der Waals surface area contributed by atoms with Crippen LogP contribution in [0, 0.1) is 10.5 Å². The molecule has 0 fully saturated rings. The summed E-state index contributed by atoms with van der Waals surface area (Å²) >= 11 is 2.25. The second kappa shape index (κ2) is 5.07. The van der Waals surface area contributed by atoms with Gasteiger partial charge in [-0.15, -0.1) is 0 Å². The Kier molecular flexibility index (Phi) is 4.34. The van der Waals surface area contributed by atoms with Crippen LogP contribution in [0.25, 0.3) is 0 Å². The zero-order chi connectivity index (χ0) is 9.84. The van der Waals surface area contributed by atoms with Crippen LogP contribution in [0.15, 0.2) is 23.2 Å². The molecule has 0 atom stereocenters. The number of amidine groups is 1. The Morgan fingerprint density at radius 3 is 2.85 bits per heavy atom. The van der Waals surface area contributed by atoms with Gasteiger partial charge in [-0.2, -0.15) is 0 Å². The summed E-state index contributed by atoms with van der Waals surface area (Å²) in [5, 5.41) is 0.367. The minimum Gasteiger partial charge on any atom is -0.377 e. The summed E-state index contributed by atoms with van der Waals surface area (Å²) in [7, 11) is 6.38. The van der Waals surface area contributed by atoms with E-state index in [0.717, 1.165) is 22.2 Å². The number of rotatable bonds is 1. The molecule has 0 saturated carbocycles. The molecule has 1 aromatic rings. The second-order valence-corrected chi connectivity index (χ2v) is 4.74. The minimum atomic E-state index is 0.367. The molecule has 0 saturated heterocycles. The lowest BCUT2D eigenvalue weighted by Gasteiger charge is -2.00. The van der Waals surface area contributed by atoms with Crippen molar-refractivity contribution in [2.75, 3.05) is 0 Å². The standard InChI is InChI=1S/C8H8ClIN2S/c1-5-4-6(10)2-3-7(5)12-8(11)13-9/h2-4H,1H3,(H2,11,12). The van der Waals surface area contributed by atoms with E-state index in [1.165, 1.54) is 3.57 Å². The molecule has 5 heteroatoms. The molecule has 0 spiro atoms. The third-order valence-corrected chi connectivity index (χ3v) is 2.86. The van der Waals surface area contributed by atoms with E-state index in [9.17, 15) is 0 Å². The Bertz CT molecular complexity index is 341. The molecule has 0 radical (unpaired) electrons. The number of benzene rings is 1. The summed E-state index contributed by atoms with van der Waals surface area (Å²) in [6, 6.07) is 5.96. The second-order valence-electron chi connectivity index (χ2n) is 2.46. The molecule has 2 nitrogen and oxygen atoms in total. The van der Waals surface area contributed by atoms with Gasteiger partial charge in [0.25, 0.3) is 0 Å². The van der Waals surface area contributed by atoms with Gasteiger partial charge < -0.3 is 5.73 Å². The lowest BCUT2D eigenvalue weighted by atomic mass is 10.2. The van der Waals surface area contributed by atoms with Crippen molar-refractivity contribution in [3.05, 3.63) is 27.3 Å². The van der Waals surface area contributed by atoms with Crippen LogP contribution in [-0.2, 0) is 0 Å². The van der Waals surface area contributed by atoms with Crippen LogP contribution in [0.5, 0.6) is 0 Å². The van der Waals surface area contributed by atoms with E-state index in [1.807, 2.05) is 25.1 Å². The first-order chi connectivity index (χ1) is 6.13. The summed E-state index contributed by atoms with van der Waals surface area (Å²) in [5.41, 5.74) is 7.46. The van der Waals surface area contributed by atoms with Gasteiger partial charge in [-0.3, -0.25) is 0 Å². The van der Waals surface area contributed by atoms with Crippen LogP contribution in [0.1, 0.15) is 5.56 Å². The Hall–Kier alpha value is 0.0600. The zero-order valence-corrected chi connectivity index (χ0v) is 10.7. The molecule has 0 aromatic heterocycles. The van der Waals surface area contributed by atoms with Gasteiger partial charge >= 0.3 is 0 Å². The molecule has 70 valence electrons. The van der Waals surface area contributed by atoms with E-state index in [0.29, 0.717) is 5.17 Å². The zero-order valence-electron chi connectivity index (χ0n) is 6.92. The quantitative estimate of drug-likeness (QED) is 0.488. The third-order valence-electron chi connectivity index (χ3n) is 1.47. The average molecular weight is 327 g/mol. The fraction of sp³-hybridized carbons (Fsp3) is 0.125. The fourth-order valence-corrected chi connectivity index (χ4v) is 1.76. The molecule has 0 aliphatic rings. The first kappa shape index (κ1) is 11.1. The van der Waals surface area contributed by atoms with Gasteiger partial charge in [-0.1, -0.05) is 0 Å². The highest BCUT2D eigenvalue weighted by molar-refractivity contribution is 14.1. The number of halogens is 2. The smallest absolute Gasteiger partial charge is 0.174 e. The van der Waals surface area contributed by atoms with Crippen molar-refractivity contribution in [2.45, 2.75) is 6.92 Å². The number of nitrogens with two attached hydrogens (primary N) is 1. The molecule has 0 unspecified atom stereocenters. The number of hydrogen-bond donors (Lipinski definition) is 1. The maximum atomic E-state index is 5.49. The highest BCUT2D eigenvalue weighted by Gasteiger charge is 1.98. The van der Waals surface area contributed by atoms with E-state index >= 15 is 0 Å². The first-order valence-corrected chi connectivity index (χ1v) is 6.24. The van der Waals surface area contributed by atoms with Crippen molar-refractivity contribution in [3.8, 4) is 0 Å². The Balaban J connectivity index is 3.03. The van der Waals surface area contributed by atoms with E-state index in [2.05, 4.69) is 27.6 Å². The maximum absolute atomic E-state index is 5.49. The molecular weight excluding hydrogens is 319 g/mol. The summed E-state index contributed by atoms with van der Waals surface area (Å²) in [6.45, 7) is 1.99. The van der Waals surface area contributed by atoms with Gasteiger partial charge in [0.15, 0.2) is 5.17 Å². The molecule has 13 heavy (non-hydrogen) atoms. The molecule has 0 heterocycles. The van der Waals surface area contributed by atoms with E-state index in [-0.39, 0.29) is 0 Å². The lowest BCUT2D eigenvalue weighted by Crippen LogP contribution is -2.02. The normalized spacial score (nSPS) is 11.8. The van der Waals surface area contributed by atoms with Crippen LogP contribution >= 0.6 is 44.2 Å². The average Bonchev–Trinajstić information content (AvgIpc) is 2.09. The van der Waals surface area contributed by atoms with Crippen molar-refractivity contribution >= 4 is 55.1 Å². The predicted octanol–water partition coefficient (Wildman–Crippen LogP) is 3.43. The van der Waals surface area contributed by atoms with Crippen LogP contribution < -0.4 is 5.73 Å². The first-order valence-electron chi connectivity index (χ1n) is 3.52. The molecule has 1 rings (SSSR count). The summed E-state index contributed by atoms with van der Waals surface area (Å²) < 4.78 is 1.19. The molecular formula is C8H8ClIN2S. The van der Waals surface area contributed by atoms with Gasteiger partial charge in [0, 0.05) is 14.5 Å². The topological polar surface area (TPSA) is 38.4 Å². The van der Waals surface area contributed by atoms with Crippen molar-refractivity contribution < 1.29 is 0 Å². The largest absolute Gasteiger partial charge is 0.377 e. The van der Waals surface area contributed by atoms with Crippen LogP contribution in [0.3, 0.4) is 0 Å². The van der Waals surface area contributed by atoms with E-state index in [1.54, 1.807) is 0 Å². The summed E-state index contributed by atoms with van der Waals surface area (Å²) in [6.07, 6.45) is 0. The van der Waals surface area contributed by atoms with Crippen LogP contribution in [0.2, 0.25) is 0 Å². The van der Waals surface area contributed by atoms with Gasteiger partial charge in [0.2, 0.25) is 0 Å². The Morgan fingerprint density at radius 1 is 1.62 bits per heavy atom. The molecule has 0 aliphatic carbocycles. The molecule has 0 bridgehead atoms. The Morgan fingerprint density at radius 2 is 2.31 bits per heavy atom. The third kappa shape index (κ3) is 3.36. The lowest BCUT2D eigenvalue weighted by molar-refractivity contribution is 1.38. The molecule has 1 aromatic carbocycles. The molecule has 2 N–H and O–H groups in total. The number of hydrogen-bond acceptors (Lipinski definition) is 2. The van der Waals surface area contributed by atoms with Gasteiger partial charge in [-0.05, 0) is 64.0 Å². The van der Waals surface area contributed by atoms with Gasteiger partial charge in [-0.25, -0.2) is 4.99 Å². The summed E-state index contributed by atoms with van der Waals surface area (Å²) in [4.78, 5) is 4.14. The number of aryl methyl sites for hydroxylation is 1. The maximum Gasteiger partial charge on any atom is 0.174 e. The van der Waals surface area contributed by atoms with Gasteiger partial charge in [0.05, 0.1) is 5.69 Å². The van der Waals surface area contributed by atoms with Crippen LogP contribution in [0.4, 0.5) is 5.69 Å². The summed E-state index contributed by atoms with van der Waals surface area (Å²) in [5.74, 6) is 0. The monoisotopic (exact) mass is 326 g/mol. The highest BCUT2D eigenvalue weighted by Crippen LogP contribution is 2.22. The van der Waals surface area contributed by atoms with E-state index < -0.39 is 0 Å². The number of nitrogens with zero attached hydrogens (tertiary/aromatic N) is 1. The number of aliphatic imine (C=N–C) groups is 1. The predicted molar refractivity (Wildman–Crippen MR) is 68.6 cm³/mol. The SMILES string of the molecule is Cc1cc(I)ccc1N=C(N)SCl. The van der Waals surface area contributed by atoms with Crippen molar-refractivity contribution in [3.63, 3.8) is 0 Å². The van der Waals surface area contributed by atoms with Crippen molar-refractivity contribution in [1.82, 2.24) is 0 Å². The fourth-order valence-electron chi connectivity index (χ4n) is 0.880. The van der Waals surface area contributed by atoms with Crippen LogP contribution in [-0.4, -0.2) is 5.17 Å². The van der Waals surface area contributed by atoms with Crippen molar-refractivity contribution in [1.29, 1.82) is 0 Å². The highest BCUT2D eigenvalue weighted by atomic mass is 127. The molecule has 0 aliphatic heterocycles. The van der Waals surface area contributed by atoms with Crippen molar-refractivity contribution in [2.24, 2.45) is 10.7 Å². The van der Waals surface area contributed by atoms with Gasteiger partial charge in [0.1, 0.15) is 0 Å². The minimum absolute atomic E-state index is 0.367. The van der Waals surface area contributed by atoms with E-state index in [4.69, 9.17) is 16.4 Å².